The number of halogens is 1. The summed E-state index contributed by atoms with van der Waals surface area (Å²) in [5.74, 6) is 1.28. The molecule has 3 aliphatic rings. The van der Waals surface area contributed by atoms with Crippen molar-refractivity contribution in [3.05, 3.63) is 77.6 Å². The zero-order valence-corrected chi connectivity index (χ0v) is 18.5. The Labute approximate surface area is 195 Å². The summed E-state index contributed by atoms with van der Waals surface area (Å²) in [5, 5.41) is 4.03. The van der Waals surface area contributed by atoms with Crippen LogP contribution in [0.1, 0.15) is 29.3 Å². The standard InChI is InChI=1S/C25H22FN5O3/c1-16-13-29(14-27-16)20-9-5-18(23-24(20)34-15-33-23)6-10-21-28-25(32)22(31-12-2-11-30(21)31)17-3-7-19(26)8-4-17/h3-10,13-14,22H,2,11-12,15H2,1H3/b10-6+. The van der Waals surface area contributed by atoms with E-state index in [4.69, 9.17) is 9.47 Å². The zero-order chi connectivity index (χ0) is 23.2. The molecule has 1 aromatic heterocycles. The first-order valence-corrected chi connectivity index (χ1v) is 11.1. The number of amidine groups is 1. The number of hydrogen-bond donors (Lipinski definition) is 0. The number of hydrazine groups is 1. The molecule has 172 valence electrons. The van der Waals surface area contributed by atoms with E-state index in [-0.39, 0.29) is 18.5 Å². The number of aliphatic imine (C=N–C) groups is 1. The minimum Gasteiger partial charge on any atom is -0.453 e. The second-order valence-electron chi connectivity index (χ2n) is 8.40. The van der Waals surface area contributed by atoms with Crippen molar-refractivity contribution in [3.63, 3.8) is 0 Å². The highest BCUT2D eigenvalue weighted by Crippen LogP contribution is 2.41. The molecule has 3 aliphatic heterocycles. The Morgan fingerprint density at radius 3 is 2.68 bits per heavy atom. The summed E-state index contributed by atoms with van der Waals surface area (Å²) in [6, 6.07) is 9.40. The Bertz CT molecular complexity index is 1330. The number of imidazole rings is 1. The molecule has 0 N–H and O–H groups in total. The van der Waals surface area contributed by atoms with Gasteiger partial charge in [-0.3, -0.25) is 9.80 Å². The summed E-state index contributed by atoms with van der Waals surface area (Å²) in [4.78, 5) is 21.7. The molecule has 1 saturated heterocycles. The molecule has 1 fully saturated rings. The van der Waals surface area contributed by atoms with Gasteiger partial charge < -0.3 is 14.0 Å². The number of amides is 1. The van der Waals surface area contributed by atoms with Crippen LogP contribution in [0.2, 0.25) is 0 Å². The smallest absolute Gasteiger partial charge is 0.271 e. The molecule has 0 aliphatic carbocycles. The second-order valence-corrected chi connectivity index (χ2v) is 8.40. The van der Waals surface area contributed by atoms with Gasteiger partial charge in [-0.05, 0) is 55.3 Å². The van der Waals surface area contributed by atoms with Crippen LogP contribution in [0.3, 0.4) is 0 Å². The maximum absolute atomic E-state index is 13.4. The van der Waals surface area contributed by atoms with Gasteiger partial charge in [-0.1, -0.05) is 12.1 Å². The molecule has 34 heavy (non-hydrogen) atoms. The fraction of sp³-hybridized carbons (Fsp3) is 0.240. The third kappa shape index (κ3) is 3.45. The Balaban J connectivity index is 1.32. The molecule has 1 amide bonds. The summed E-state index contributed by atoms with van der Waals surface area (Å²) in [6.07, 6.45) is 8.29. The molecule has 4 heterocycles. The van der Waals surface area contributed by atoms with Crippen molar-refractivity contribution in [1.29, 1.82) is 0 Å². The van der Waals surface area contributed by atoms with Gasteiger partial charge >= 0.3 is 0 Å². The minimum atomic E-state index is -0.542. The van der Waals surface area contributed by atoms with Gasteiger partial charge in [-0.2, -0.15) is 4.99 Å². The number of benzene rings is 2. The van der Waals surface area contributed by atoms with E-state index in [1.807, 2.05) is 52.0 Å². The normalized spacial score (nSPS) is 19.7. The van der Waals surface area contributed by atoms with E-state index in [2.05, 4.69) is 9.98 Å². The first kappa shape index (κ1) is 20.6. The van der Waals surface area contributed by atoms with Crippen LogP contribution < -0.4 is 9.47 Å². The molecule has 2 aromatic carbocycles. The van der Waals surface area contributed by atoms with Gasteiger partial charge in [0.05, 0.1) is 17.7 Å². The molecule has 1 unspecified atom stereocenters. The summed E-state index contributed by atoms with van der Waals surface area (Å²) in [7, 11) is 0. The molecule has 3 aromatic rings. The predicted octanol–water partition coefficient (Wildman–Crippen LogP) is 3.66. The van der Waals surface area contributed by atoms with Crippen molar-refractivity contribution in [1.82, 2.24) is 19.6 Å². The molecule has 6 rings (SSSR count). The van der Waals surface area contributed by atoms with Crippen LogP contribution in [-0.4, -0.2) is 51.2 Å². The Morgan fingerprint density at radius 2 is 1.88 bits per heavy atom. The van der Waals surface area contributed by atoms with Crippen LogP contribution in [0.4, 0.5) is 4.39 Å². The Hall–Kier alpha value is -3.98. The highest BCUT2D eigenvalue weighted by atomic mass is 19.1. The van der Waals surface area contributed by atoms with Gasteiger partial charge in [-0.25, -0.2) is 14.4 Å². The lowest BCUT2D eigenvalue weighted by atomic mass is 10.0. The van der Waals surface area contributed by atoms with Crippen molar-refractivity contribution < 1.29 is 18.7 Å². The summed E-state index contributed by atoms with van der Waals surface area (Å²) in [6.45, 7) is 3.55. The lowest BCUT2D eigenvalue weighted by Gasteiger charge is -2.38. The molecular formula is C25H22FN5O3. The van der Waals surface area contributed by atoms with E-state index in [1.54, 1.807) is 18.5 Å². The van der Waals surface area contributed by atoms with Crippen molar-refractivity contribution in [2.45, 2.75) is 19.4 Å². The third-order valence-electron chi connectivity index (χ3n) is 6.20. The zero-order valence-electron chi connectivity index (χ0n) is 18.5. The highest BCUT2D eigenvalue weighted by Gasteiger charge is 2.39. The number of carbonyl (C=O) groups is 1. The van der Waals surface area contributed by atoms with Crippen LogP contribution in [0.25, 0.3) is 11.8 Å². The lowest BCUT2D eigenvalue weighted by Crippen LogP contribution is -2.49. The molecule has 9 heteroatoms. The van der Waals surface area contributed by atoms with E-state index in [0.29, 0.717) is 17.3 Å². The molecule has 8 nitrogen and oxygen atoms in total. The van der Waals surface area contributed by atoms with Crippen LogP contribution in [0.15, 0.2) is 60.0 Å². The molecule has 0 spiro atoms. The first-order valence-electron chi connectivity index (χ1n) is 11.1. The van der Waals surface area contributed by atoms with Gasteiger partial charge in [0.2, 0.25) is 6.79 Å². The van der Waals surface area contributed by atoms with Gasteiger partial charge in [0.1, 0.15) is 17.7 Å². The molecule has 0 saturated carbocycles. The topological polar surface area (TPSA) is 72.2 Å². The maximum atomic E-state index is 13.4. The van der Waals surface area contributed by atoms with Crippen molar-refractivity contribution in [2.75, 3.05) is 19.9 Å². The maximum Gasteiger partial charge on any atom is 0.271 e. The molecule has 1 atom stereocenters. The van der Waals surface area contributed by atoms with E-state index >= 15 is 0 Å². The van der Waals surface area contributed by atoms with Gasteiger partial charge in [0.25, 0.3) is 5.91 Å². The number of aromatic nitrogens is 2. The average molecular weight is 459 g/mol. The molecule has 0 bridgehead atoms. The van der Waals surface area contributed by atoms with E-state index < -0.39 is 6.04 Å². The lowest BCUT2D eigenvalue weighted by molar-refractivity contribution is -0.129. The summed E-state index contributed by atoms with van der Waals surface area (Å²) >= 11 is 0. The van der Waals surface area contributed by atoms with E-state index in [9.17, 15) is 9.18 Å². The number of aryl methyl sites for hydroxylation is 1. The number of nitrogens with zero attached hydrogens (tertiary/aromatic N) is 5. The van der Waals surface area contributed by atoms with Gasteiger partial charge in [0.15, 0.2) is 11.5 Å². The summed E-state index contributed by atoms with van der Waals surface area (Å²) in [5.41, 5.74) is 3.32. The first-order chi connectivity index (χ1) is 16.6. The van der Waals surface area contributed by atoms with Crippen molar-refractivity contribution in [2.24, 2.45) is 4.99 Å². The van der Waals surface area contributed by atoms with Crippen molar-refractivity contribution in [3.8, 4) is 17.2 Å². The van der Waals surface area contributed by atoms with Crippen LogP contribution >= 0.6 is 0 Å². The monoisotopic (exact) mass is 459 g/mol. The largest absolute Gasteiger partial charge is 0.453 e. The Morgan fingerprint density at radius 1 is 1.06 bits per heavy atom. The summed E-state index contributed by atoms with van der Waals surface area (Å²) < 4.78 is 26.8. The quantitative estimate of drug-likeness (QED) is 0.593. The van der Waals surface area contributed by atoms with E-state index in [0.717, 1.165) is 42.0 Å². The van der Waals surface area contributed by atoms with Crippen LogP contribution in [0.5, 0.6) is 11.5 Å². The van der Waals surface area contributed by atoms with Crippen LogP contribution in [0, 0.1) is 12.7 Å². The fourth-order valence-corrected chi connectivity index (χ4v) is 4.64. The number of ether oxygens (including phenoxy) is 2. The third-order valence-corrected chi connectivity index (χ3v) is 6.20. The second kappa shape index (κ2) is 8.11. The average Bonchev–Trinajstić information content (AvgIpc) is 3.59. The predicted molar refractivity (Wildman–Crippen MR) is 123 cm³/mol. The van der Waals surface area contributed by atoms with Crippen molar-refractivity contribution >= 4 is 17.8 Å². The number of rotatable bonds is 4. The number of fused-ring (bicyclic) bond motifs is 2. The minimum absolute atomic E-state index is 0.138. The number of carbonyl (C=O) groups excluding carboxylic acids is 1. The SMILES string of the molecule is Cc1cn(-c2ccc(/C=C/C3=NC(=O)C(c4ccc(F)cc4)N4CCCN34)c3c2OCO3)cn1. The Kier molecular flexibility index (Phi) is 4.91. The molecule has 0 radical (unpaired) electrons. The van der Waals surface area contributed by atoms with Gasteiger partial charge in [-0.15, -0.1) is 0 Å². The fourth-order valence-electron chi connectivity index (χ4n) is 4.64. The highest BCUT2D eigenvalue weighted by molar-refractivity contribution is 6.06. The molecular weight excluding hydrogens is 437 g/mol. The van der Waals surface area contributed by atoms with E-state index in [1.165, 1.54) is 12.1 Å². The van der Waals surface area contributed by atoms with Gasteiger partial charge in [0, 0.05) is 24.8 Å². The number of hydrogen-bond acceptors (Lipinski definition) is 6. The van der Waals surface area contributed by atoms with Crippen LogP contribution in [-0.2, 0) is 4.79 Å².